The van der Waals surface area contributed by atoms with Crippen LogP contribution in [-0.4, -0.2) is 32.1 Å². The molecule has 0 fully saturated rings. The SMILES string of the molecule is CCN1C(N/N=C/c2ccc([N+](=O)[O-])o2)=NS(=O)(=O)c2ccccc21. The molecule has 2 heterocycles. The van der Waals surface area contributed by atoms with Gasteiger partial charge in [0, 0.05) is 6.54 Å². The molecule has 11 heteroatoms. The average molecular weight is 363 g/mol. The molecule has 1 aliphatic heterocycles. The summed E-state index contributed by atoms with van der Waals surface area (Å²) in [6.07, 6.45) is 1.19. The number of hydrogen-bond donors (Lipinski definition) is 1. The minimum atomic E-state index is -3.84. The molecule has 1 aromatic carbocycles. The summed E-state index contributed by atoms with van der Waals surface area (Å²) < 4.78 is 33.2. The Kier molecular flexibility index (Phi) is 4.23. The fourth-order valence-electron chi connectivity index (χ4n) is 2.29. The van der Waals surface area contributed by atoms with Crippen molar-refractivity contribution in [3.63, 3.8) is 0 Å². The second-order valence-electron chi connectivity index (χ2n) is 4.91. The normalized spacial score (nSPS) is 15.7. The summed E-state index contributed by atoms with van der Waals surface area (Å²) in [4.78, 5) is 11.7. The standard InChI is InChI=1S/C14H13N5O5S/c1-2-18-11-5-3-4-6-12(11)25(22,23)17-14(18)16-15-9-10-7-8-13(24-10)19(20)21/h3-9H,2H2,1H3,(H,16,17)/b15-9+. The molecular weight excluding hydrogens is 350 g/mol. The minimum Gasteiger partial charge on any atom is -0.400 e. The number of guanidine groups is 1. The fourth-order valence-corrected chi connectivity index (χ4v) is 3.45. The lowest BCUT2D eigenvalue weighted by molar-refractivity contribution is -0.402. The summed E-state index contributed by atoms with van der Waals surface area (Å²) in [5.41, 5.74) is 3.03. The Balaban J connectivity index is 1.85. The van der Waals surface area contributed by atoms with Crippen molar-refractivity contribution in [2.24, 2.45) is 9.50 Å². The number of nitrogens with zero attached hydrogens (tertiary/aromatic N) is 4. The highest BCUT2D eigenvalue weighted by molar-refractivity contribution is 7.90. The lowest BCUT2D eigenvalue weighted by Crippen LogP contribution is -2.42. The molecule has 130 valence electrons. The highest BCUT2D eigenvalue weighted by Gasteiger charge is 2.29. The first kappa shape index (κ1) is 16.6. The number of nitro groups is 1. The number of benzene rings is 1. The van der Waals surface area contributed by atoms with Crippen LogP contribution in [0.4, 0.5) is 11.6 Å². The van der Waals surface area contributed by atoms with Gasteiger partial charge >= 0.3 is 5.88 Å². The molecule has 0 saturated heterocycles. The number of rotatable bonds is 4. The van der Waals surface area contributed by atoms with Crippen molar-refractivity contribution in [3.8, 4) is 0 Å². The Bertz CT molecular complexity index is 979. The summed E-state index contributed by atoms with van der Waals surface area (Å²) in [7, 11) is -3.84. The molecule has 0 aliphatic carbocycles. The number of furan rings is 1. The molecule has 0 bridgehead atoms. The Morgan fingerprint density at radius 1 is 1.36 bits per heavy atom. The van der Waals surface area contributed by atoms with E-state index in [1.165, 1.54) is 24.4 Å². The zero-order valence-electron chi connectivity index (χ0n) is 13.0. The van der Waals surface area contributed by atoms with Crippen molar-refractivity contribution >= 4 is 33.8 Å². The Morgan fingerprint density at radius 3 is 2.80 bits per heavy atom. The molecule has 0 unspecified atom stereocenters. The van der Waals surface area contributed by atoms with Gasteiger partial charge < -0.3 is 9.32 Å². The molecule has 0 amide bonds. The number of nitrogens with one attached hydrogen (secondary N) is 1. The van der Waals surface area contributed by atoms with Crippen molar-refractivity contribution in [2.75, 3.05) is 11.4 Å². The van der Waals surface area contributed by atoms with Gasteiger partial charge in [-0.15, -0.1) is 4.40 Å². The van der Waals surface area contributed by atoms with Gasteiger partial charge in [-0.05, 0) is 25.1 Å². The van der Waals surface area contributed by atoms with Crippen LogP contribution in [0, 0.1) is 10.1 Å². The molecule has 0 radical (unpaired) electrons. The van der Waals surface area contributed by atoms with Gasteiger partial charge in [0.05, 0.1) is 18.0 Å². The largest absolute Gasteiger partial charge is 0.433 e. The van der Waals surface area contributed by atoms with Gasteiger partial charge in [0.25, 0.3) is 10.0 Å². The smallest absolute Gasteiger partial charge is 0.400 e. The summed E-state index contributed by atoms with van der Waals surface area (Å²) >= 11 is 0. The van der Waals surface area contributed by atoms with Crippen LogP contribution >= 0.6 is 0 Å². The number of hydrazone groups is 1. The van der Waals surface area contributed by atoms with Crippen molar-refractivity contribution in [2.45, 2.75) is 11.8 Å². The Labute approximate surface area is 142 Å². The molecule has 1 N–H and O–H groups in total. The van der Waals surface area contributed by atoms with Gasteiger partial charge in [-0.25, -0.2) is 5.43 Å². The summed E-state index contributed by atoms with van der Waals surface area (Å²) in [6, 6.07) is 9.07. The van der Waals surface area contributed by atoms with Crippen LogP contribution in [0.3, 0.4) is 0 Å². The molecule has 10 nitrogen and oxygen atoms in total. The van der Waals surface area contributed by atoms with E-state index >= 15 is 0 Å². The molecular formula is C14H13N5O5S. The summed E-state index contributed by atoms with van der Waals surface area (Å²) in [6.45, 7) is 2.30. The lowest BCUT2D eigenvalue weighted by atomic mass is 10.3. The zero-order valence-corrected chi connectivity index (χ0v) is 13.8. The van der Waals surface area contributed by atoms with E-state index in [1.54, 1.807) is 23.1 Å². The van der Waals surface area contributed by atoms with E-state index in [-0.39, 0.29) is 16.6 Å². The highest BCUT2D eigenvalue weighted by atomic mass is 32.2. The van der Waals surface area contributed by atoms with E-state index in [2.05, 4.69) is 14.9 Å². The molecule has 25 heavy (non-hydrogen) atoms. The number of hydrogen-bond acceptors (Lipinski definition) is 8. The first-order valence-electron chi connectivity index (χ1n) is 7.17. The number of fused-ring (bicyclic) bond motifs is 1. The van der Waals surface area contributed by atoms with Gasteiger partial charge in [0.15, 0.2) is 5.76 Å². The third-order valence-corrected chi connectivity index (χ3v) is 4.68. The van der Waals surface area contributed by atoms with E-state index in [4.69, 9.17) is 4.42 Å². The lowest BCUT2D eigenvalue weighted by Gasteiger charge is -2.28. The van der Waals surface area contributed by atoms with Crippen LogP contribution < -0.4 is 10.3 Å². The van der Waals surface area contributed by atoms with E-state index < -0.39 is 20.8 Å². The Hall–Kier alpha value is -3.21. The van der Waals surface area contributed by atoms with E-state index in [0.29, 0.717) is 12.2 Å². The maximum absolute atomic E-state index is 12.3. The van der Waals surface area contributed by atoms with Crippen LogP contribution in [0.5, 0.6) is 0 Å². The molecule has 3 rings (SSSR count). The average Bonchev–Trinajstić information content (AvgIpc) is 3.04. The third kappa shape index (κ3) is 3.21. The Morgan fingerprint density at radius 2 is 2.12 bits per heavy atom. The minimum absolute atomic E-state index is 0.0264. The van der Waals surface area contributed by atoms with E-state index in [0.717, 1.165) is 0 Å². The van der Waals surface area contributed by atoms with Crippen LogP contribution in [0.1, 0.15) is 12.7 Å². The molecule has 0 saturated carbocycles. The third-order valence-electron chi connectivity index (χ3n) is 3.36. The van der Waals surface area contributed by atoms with Crippen molar-refractivity contribution in [1.29, 1.82) is 0 Å². The van der Waals surface area contributed by atoms with Gasteiger partial charge in [-0.1, -0.05) is 12.1 Å². The van der Waals surface area contributed by atoms with Crippen LogP contribution in [0.25, 0.3) is 0 Å². The van der Waals surface area contributed by atoms with Crippen molar-refractivity contribution < 1.29 is 17.8 Å². The fraction of sp³-hybridized carbons (Fsp3) is 0.143. The van der Waals surface area contributed by atoms with E-state index in [9.17, 15) is 18.5 Å². The number of para-hydroxylation sites is 1. The highest BCUT2D eigenvalue weighted by Crippen LogP contribution is 2.30. The number of anilines is 1. The maximum atomic E-state index is 12.3. The van der Waals surface area contributed by atoms with Crippen molar-refractivity contribution in [1.82, 2.24) is 5.43 Å². The quantitative estimate of drug-likeness (QED) is 0.497. The topological polar surface area (TPSA) is 130 Å². The molecule has 0 atom stereocenters. The molecule has 0 spiro atoms. The van der Waals surface area contributed by atoms with Gasteiger partial charge in [-0.3, -0.25) is 10.1 Å². The van der Waals surface area contributed by atoms with Gasteiger partial charge in [0.2, 0.25) is 5.96 Å². The van der Waals surface area contributed by atoms with Crippen molar-refractivity contribution in [3.05, 3.63) is 52.3 Å². The van der Waals surface area contributed by atoms with Gasteiger partial charge in [-0.2, -0.15) is 13.5 Å². The van der Waals surface area contributed by atoms with Gasteiger partial charge in [0.1, 0.15) is 9.82 Å². The predicted octanol–water partition coefficient (Wildman–Crippen LogP) is 1.70. The summed E-state index contributed by atoms with van der Waals surface area (Å²) in [5, 5.41) is 14.4. The second-order valence-corrected chi connectivity index (χ2v) is 6.48. The molecule has 2 aromatic rings. The maximum Gasteiger partial charge on any atom is 0.433 e. The second kappa shape index (κ2) is 6.36. The van der Waals surface area contributed by atoms with Crippen LogP contribution in [0.2, 0.25) is 0 Å². The zero-order chi connectivity index (χ0) is 18.0. The summed E-state index contributed by atoms with van der Waals surface area (Å²) in [5.74, 6) is -0.247. The van der Waals surface area contributed by atoms with E-state index in [1.807, 2.05) is 6.92 Å². The molecule has 1 aromatic heterocycles. The predicted molar refractivity (Wildman–Crippen MR) is 90.2 cm³/mol. The molecule has 1 aliphatic rings. The van der Waals surface area contributed by atoms with Crippen LogP contribution in [-0.2, 0) is 10.0 Å². The monoisotopic (exact) mass is 363 g/mol. The first-order chi connectivity index (χ1) is 11.9. The number of sulfonamides is 1. The first-order valence-corrected chi connectivity index (χ1v) is 8.61. The van der Waals surface area contributed by atoms with Crippen LogP contribution in [0.15, 0.2) is 55.2 Å².